The number of carbonyl (C=O) groups is 2. The lowest BCUT2D eigenvalue weighted by Crippen LogP contribution is -2.39. The predicted molar refractivity (Wildman–Crippen MR) is 152 cm³/mol. The van der Waals surface area contributed by atoms with Crippen molar-refractivity contribution in [2.24, 2.45) is 10.9 Å². The normalized spacial score (nSPS) is 21.5. The summed E-state index contributed by atoms with van der Waals surface area (Å²) >= 11 is 0. The van der Waals surface area contributed by atoms with Gasteiger partial charge in [-0.15, -0.1) is 0 Å². The van der Waals surface area contributed by atoms with Crippen LogP contribution < -0.4 is 5.32 Å². The van der Waals surface area contributed by atoms with E-state index in [9.17, 15) is 24.8 Å². The van der Waals surface area contributed by atoms with Gasteiger partial charge in [0.05, 0.1) is 17.4 Å². The molecule has 9 nitrogen and oxygen atoms in total. The van der Waals surface area contributed by atoms with E-state index in [4.69, 9.17) is 0 Å². The molecule has 40 heavy (non-hydrogen) atoms. The summed E-state index contributed by atoms with van der Waals surface area (Å²) in [6.45, 7) is 1.52. The first-order chi connectivity index (χ1) is 19.4. The highest BCUT2D eigenvalue weighted by atomic mass is 16.6. The highest BCUT2D eigenvalue weighted by molar-refractivity contribution is 6.17. The van der Waals surface area contributed by atoms with Gasteiger partial charge in [0.25, 0.3) is 0 Å². The molecule has 9 heteroatoms. The Morgan fingerprint density at radius 2 is 1.70 bits per heavy atom. The van der Waals surface area contributed by atoms with Crippen LogP contribution in [-0.2, 0) is 16.1 Å². The molecule has 0 aromatic heterocycles. The van der Waals surface area contributed by atoms with Gasteiger partial charge >= 0.3 is 5.97 Å². The van der Waals surface area contributed by atoms with Gasteiger partial charge in [0.15, 0.2) is 0 Å². The number of aliphatic imine (C=N–C) groups is 1. The predicted octanol–water partition coefficient (Wildman–Crippen LogP) is 4.64. The lowest BCUT2D eigenvalue weighted by Gasteiger charge is -2.24. The molecule has 0 spiro atoms. The minimum Gasteiger partial charge on any atom is -0.480 e. The molecular formula is C31H32N4O5. The molecule has 1 saturated carbocycles. The first kappa shape index (κ1) is 27.2. The molecule has 1 aliphatic carbocycles. The number of nitrogens with zero attached hydrogens (tertiary/aromatic N) is 3. The largest absolute Gasteiger partial charge is 0.480 e. The molecule has 2 fully saturated rings. The second-order valence-electron chi connectivity index (χ2n) is 10.4. The number of carboxylic acid groups (broad SMARTS) is 1. The smallest absolute Gasteiger partial charge is 0.328 e. The Morgan fingerprint density at radius 1 is 1.02 bits per heavy atom. The fourth-order valence-corrected chi connectivity index (χ4v) is 5.43. The highest BCUT2D eigenvalue weighted by Crippen LogP contribution is 2.38. The van der Waals surface area contributed by atoms with E-state index in [-0.39, 0.29) is 29.2 Å². The molecular weight excluding hydrogens is 508 g/mol. The Balaban J connectivity index is 1.42. The first-order valence-corrected chi connectivity index (χ1v) is 13.6. The number of para-hydroxylation sites is 1. The van der Waals surface area contributed by atoms with Gasteiger partial charge in [0, 0.05) is 34.9 Å². The molecule has 5 rings (SSSR count). The Labute approximate surface area is 232 Å². The molecule has 2 N–H and O–H groups in total. The second-order valence-corrected chi connectivity index (χ2v) is 10.4. The molecule has 1 amide bonds. The summed E-state index contributed by atoms with van der Waals surface area (Å²) in [5.41, 5.74) is 3.41. The van der Waals surface area contributed by atoms with Crippen molar-refractivity contribution in [1.29, 1.82) is 0 Å². The zero-order valence-corrected chi connectivity index (χ0v) is 22.1. The fraction of sp³-hybridized carbons (Fsp3) is 0.323. The van der Waals surface area contributed by atoms with Crippen LogP contribution in [0.1, 0.15) is 42.4 Å². The van der Waals surface area contributed by atoms with Crippen molar-refractivity contribution >= 4 is 23.3 Å². The van der Waals surface area contributed by atoms with Gasteiger partial charge in [0.2, 0.25) is 11.9 Å². The number of hydrogen-bond acceptors (Lipinski definition) is 6. The number of nitrogens with one attached hydrogen (secondary N) is 1. The topological polar surface area (TPSA) is 125 Å². The summed E-state index contributed by atoms with van der Waals surface area (Å²) in [5.74, 6) is -1.56. The Bertz CT molecular complexity index is 1400. The summed E-state index contributed by atoms with van der Waals surface area (Å²) < 4.78 is 0. The van der Waals surface area contributed by atoms with Crippen LogP contribution >= 0.6 is 0 Å². The van der Waals surface area contributed by atoms with E-state index < -0.39 is 18.1 Å². The number of anilines is 1. The number of hydrogen-bond donors (Lipinski definition) is 2. The van der Waals surface area contributed by atoms with Crippen molar-refractivity contribution in [3.05, 3.63) is 112 Å². The third kappa shape index (κ3) is 6.43. The number of amides is 1. The van der Waals surface area contributed by atoms with Crippen LogP contribution in [0.25, 0.3) is 0 Å². The molecule has 206 valence electrons. The summed E-state index contributed by atoms with van der Waals surface area (Å²) in [5, 5.41) is 24.2. The molecule has 0 radical (unpaired) electrons. The molecule has 1 aliphatic heterocycles. The zero-order chi connectivity index (χ0) is 28.1. The molecule has 1 heterocycles. The van der Waals surface area contributed by atoms with Crippen LogP contribution in [0.2, 0.25) is 0 Å². The van der Waals surface area contributed by atoms with E-state index in [0.717, 1.165) is 24.9 Å². The van der Waals surface area contributed by atoms with Crippen LogP contribution in [0.15, 0.2) is 89.9 Å². The lowest BCUT2D eigenvalue weighted by atomic mass is 9.99. The van der Waals surface area contributed by atoms with Crippen LogP contribution in [0.5, 0.6) is 0 Å². The summed E-state index contributed by atoms with van der Waals surface area (Å²) in [4.78, 5) is 43.4. The third-order valence-electron chi connectivity index (χ3n) is 7.63. The quantitative estimate of drug-likeness (QED) is 0.207. The molecule has 3 aromatic carbocycles. The highest BCUT2D eigenvalue weighted by Gasteiger charge is 2.49. The zero-order valence-electron chi connectivity index (χ0n) is 22.1. The molecule has 3 aromatic rings. The number of likely N-dealkylation sites (tertiary alicyclic amines) is 1. The van der Waals surface area contributed by atoms with E-state index in [0.29, 0.717) is 35.5 Å². The maximum absolute atomic E-state index is 13.6. The summed E-state index contributed by atoms with van der Waals surface area (Å²) in [7, 11) is 0. The Hall–Kier alpha value is -4.37. The number of carboxylic acids is 1. The SMILES string of the molecule is O=C(O)[C@H](C[C@H]1C[C@@H]1[N+](=O)[O-])N=C(c1ccccc1)c1ccccc1NC(=O)[C@@H]1CCCN1Cc1ccccc1. The average molecular weight is 541 g/mol. The van der Waals surface area contributed by atoms with Gasteiger partial charge in [-0.1, -0.05) is 78.9 Å². The van der Waals surface area contributed by atoms with E-state index in [1.807, 2.05) is 66.7 Å². The van der Waals surface area contributed by atoms with Gasteiger partial charge in [-0.05, 0) is 37.4 Å². The average Bonchev–Trinajstić information content (AvgIpc) is 3.59. The molecule has 2 aliphatic rings. The van der Waals surface area contributed by atoms with Crippen molar-refractivity contribution in [3.63, 3.8) is 0 Å². The van der Waals surface area contributed by atoms with E-state index in [1.165, 1.54) is 0 Å². The third-order valence-corrected chi connectivity index (χ3v) is 7.63. The Kier molecular flexibility index (Phi) is 8.31. The minimum absolute atomic E-state index is 0.0857. The van der Waals surface area contributed by atoms with E-state index >= 15 is 0 Å². The van der Waals surface area contributed by atoms with Gasteiger partial charge in [-0.25, -0.2) is 4.79 Å². The van der Waals surface area contributed by atoms with Crippen molar-refractivity contribution < 1.29 is 19.6 Å². The van der Waals surface area contributed by atoms with Gasteiger partial charge < -0.3 is 10.4 Å². The molecule has 4 atom stereocenters. The van der Waals surface area contributed by atoms with Crippen LogP contribution in [0, 0.1) is 16.0 Å². The molecule has 1 saturated heterocycles. The van der Waals surface area contributed by atoms with Crippen LogP contribution in [0.4, 0.5) is 5.69 Å². The van der Waals surface area contributed by atoms with E-state index in [2.05, 4.69) is 27.3 Å². The van der Waals surface area contributed by atoms with Gasteiger partial charge in [-0.3, -0.25) is 24.8 Å². The lowest BCUT2D eigenvalue weighted by molar-refractivity contribution is -0.498. The maximum Gasteiger partial charge on any atom is 0.328 e. The van der Waals surface area contributed by atoms with Gasteiger partial charge in [-0.2, -0.15) is 0 Å². The van der Waals surface area contributed by atoms with Gasteiger partial charge in [0.1, 0.15) is 6.04 Å². The first-order valence-electron chi connectivity index (χ1n) is 13.6. The number of nitro groups is 1. The molecule has 0 unspecified atom stereocenters. The number of rotatable bonds is 11. The van der Waals surface area contributed by atoms with Crippen LogP contribution in [0.3, 0.4) is 0 Å². The Morgan fingerprint density at radius 3 is 2.38 bits per heavy atom. The molecule has 0 bridgehead atoms. The van der Waals surface area contributed by atoms with Crippen molar-refractivity contribution in [1.82, 2.24) is 4.90 Å². The monoisotopic (exact) mass is 540 g/mol. The number of carbonyl (C=O) groups excluding carboxylic acids is 1. The second kappa shape index (κ2) is 12.2. The summed E-state index contributed by atoms with van der Waals surface area (Å²) in [6.07, 6.45) is 2.12. The van der Waals surface area contributed by atoms with Crippen LogP contribution in [-0.4, -0.2) is 57.2 Å². The fourth-order valence-electron chi connectivity index (χ4n) is 5.43. The number of aliphatic carboxylic acids is 1. The minimum atomic E-state index is -1.15. The summed E-state index contributed by atoms with van der Waals surface area (Å²) in [6, 6.07) is 24.4. The number of benzene rings is 3. The standard InChI is InChI=1S/C31H32N4O5/c36-30(27-16-9-17-34(27)20-21-10-3-1-4-11-21)33-25-15-8-7-14-24(25)29(22-12-5-2-6-13-22)32-26(31(37)38)18-23-19-28(23)35(39)40/h1-8,10-15,23,26-28H,9,16-20H2,(H,33,36)(H,37,38)/t23-,26-,27-,28-/m0/s1. The van der Waals surface area contributed by atoms with Crippen molar-refractivity contribution in [2.45, 2.75) is 50.4 Å². The van der Waals surface area contributed by atoms with Crippen molar-refractivity contribution in [3.8, 4) is 0 Å². The maximum atomic E-state index is 13.6. The van der Waals surface area contributed by atoms with Crippen molar-refractivity contribution in [2.75, 3.05) is 11.9 Å². The van der Waals surface area contributed by atoms with E-state index in [1.54, 1.807) is 6.07 Å².